The number of halogens is 3. The van der Waals surface area contributed by atoms with Crippen molar-refractivity contribution in [1.29, 1.82) is 0 Å². The molecule has 1 aliphatic rings. The molecule has 1 aliphatic carbocycles. The second kappa shape index (κ2) is 6.80. The number of carbonyl (C=O) groups excluding carboxylic acids is 2. The van der Waals surface area contributed by atoms with Gasteiger partial charge in [0.25, 0.3) is 0 Å². The zero-order valence-electron chi connectivity index (χ0n) is 13.2. The Kier molecular flexibility index (Phi) is 4.88. The minimum absolute atomic E-state index is 0.0291. The van der Waals surface area contributed by atoms with Gasteiger partial charge in [0, 0.05) is 11.3 Å². The van der Waals surface area contributed by atoms with Crippen LogP contribution < -0.4 is 0 Å². The van der Waals surface area contributed by atoms with Crippen LogP contribution in [-0.2, 0) is 26.7 Å². The predicted molar refractivity (Wildman–Crippen MR) is 89.0 cm³/mol. The Bertz CT molecular complexity index is 824. The maximum Gasteiger partial charge on any atom is 0.385 e. The number of alkyl halides is 2. The number of thiazole rings is 1. The molecule has 2 aromatic rings. The van der Waals surface area contributed by atoms with Crippen molar-refractivity contribution in [2.75, 3.05) is 6.61 Å². The molecular weight excluding hydrogens is 372 g/mol. The van der Waals surface area contributed by atoms with Gasteiger partial charge in [-0.3, -0.25) is 4.79 Å². The Balaban J connectivity index is 1.67. The smallest absolute Gasteiger partial charge is 0.385 e. The summed E-state index contributed by atoms with van der Waals surface area (Å²) in [6, 6.07) is 7.49. The quantitative estimate of drug-likeness (QED) is 0.730. The third-order valence-electron chi connectivity index (χ3n) is 4.25. The van der Waals surface area contributed by atoms with E-state index < -0.39 is 35.9 Å². The van der Waals surface area contributed by atoms with Gasteiger partial charge >= 0.3 is 11.9 Å². The number of hydrogen-bond acceptors (Lipinski definition) is 5. The molecule has 0 aliphatic heterocycles. The molecule has 0 bridgehead atoms. The molecule has 132 valence electrons. The fraction of sp³-hybridized carbons (Fsp3) is 0.353. The molecule has 0 saturated carbocycles. The van der Waals surface area contributed by atoms with E-state index in [1.807, 2.05) is 31.2 Å². The van der Waals surface area contributed by atoms with Gasteiger partial charge in [-0.25, -0.2) is 9.78 Å². The Morgan fingerprint density at radius 1 is 1.40 bits per heavy atom. The lowest BCUT2D eigenvalue weighted by atomic mass is 9.90. The first kappa shape index (κ1) is 17.9. The predicted octanol–water partition coefficient (Wildman–Crippen LogP) is 3.98. The molecule has 25 heavy (non-hydrogen) atoms. The number of carbonyl (C=O) groups is 2. The van der Waals surface area contributed by atoms with Crippen LogP contribution in [0.3, 0.4) is 0 Å². The van der Waals surface area contributed by atoms with Crippen LogP contribution in [0.15, 0.2) is 29.6 Å². The highest BCUT2D eigenvalue weighted by atomic mass is 35.5. The number of benzene rings is 1. The summed E-state index contributed by atoms with van der Waals surface area (Å²) in [5.74, 6) is -6.56. The van der Waals surface area contributed by atoms with Crippen LogP contribution in [0, 0.1) is 5.92 Å². The molecule has 0 amide bonds. The lowest BCUT2D eigenvalue weighted by molar-refractivity contribution is -0.175. The lowest BCUT2D eigenvalue weighted by Crippen LogP contribution is -2.32. The minimum atomic E-state index is -3.94. The zero-order valence-corrected chi connectivity index (χ0v) is 14.7. The highest BCUT2D eigenvalue weighted by Gasteiger charge is 2.46. The second-order valence-electron chi connectivity index (χ2n) is 5.96. The van der Waals surface area contributed by atoms with Gasteiger partial charge in [0.15, 0.2) is 16.9 Å². The van der Waals surface area contributed by atoms with E-state index in [0.29, 0.717) is 0 Å². The van der Waals surface area contributed by atoms with Gasteiger partial charge in [-0.1, -0.05) is 42.8 Å². The largest absolute Gasteiger partial charge is 0.453 e. The fourth-order valence-corrected chi connectivity index (χ4v) is 3.89. The van der Waals surface area contributed by atoms with Gasteiger partial charge in [-0.05, 0) is 23.5 Å². The summed E-state index contributed by atoms with van der Waals surface area (Å²) in [6.07, 6.45) is 0.730. The van der Waals surface area contributed by atoms with E-state index in [-0.39, 0.29) is 10.4 Å². The van der Waals surface area contributed by atoms with Gasteiger partial charge < -0.3 is 4.74 Å². The Morgan fingerprint density at radius 2 is 2.12 bits per heavy atom. The summed E-state index contributed by atoms with van der Waals surface area (Å²) >= 11 is 6.30. The molecule has 1 aromatic heterocycles. The van der Waals surface area contributed by atoms with E-state index in [0.717, 1.165) is 34.3 Å². The van der Waals surface area contributed by atoms with E-state index in [1.165, 1.54) is 0 Å². The SMILES string of the molecule is CC1Cc2ccccc2C1C(=O)COC(=O)C(F)(F)c1csc(Cl)n1. The molecule has 4 nitrogen and oxygen atoms in total. The summed E-state index contributed by atoms with van der Waals surface area (Å²) in [6.45, 7) is 1.21. The van der Waals surface area contributed by atoms with Crippen molar-refractivity contribution in [2.24, 2.45) is 5.92 Å². The van der Waals surface area contributed by atoms with Crippen molar-refractivity contribution >= 4 is 34.7 Å². The summed E-state index contributed by atoms with van der Waals surface area (Å²) in [5, 5.41) is 0.987. The topological polar surface area (TPSA) is 56.3 Å². The Morgan fingerprint density at radius 3 is 2.80 bits per heavy atom. The maximum atomic E-state index is 14.0. The molecule has 2 unspecified atom stereocenters. The van der Waals surface area contributed by atoms with Crippen LogP contribution in [0.2, 0.25) is 4.47 Å². The molecular formula is C17H14ClF2NO3S. The minimum Gasteiger partial charge on any atom is -0.453 e. The Labute approximate surface area is 151 Å². The molecule has 3 rings (SSSR count). The van der Waals surface area contributed by atoms with E-state index in [9.17, 15) is 18.4 Å². The number of ether oxygens (including phenoxy) is 1. The molecule has 1 heterocycles. The number of ketones is 1. The molecule has 0 saturated heterocycles. The van der Waals surface area contributed by atoms with E-state index in [2.05, 4.69) is 9.72 Å². The first-order chi connectivity index (χ1) is 11.8. The van der Waals surface area contributed by atoms with E-state index >= 15 is 0 Å². The number of fused-ring (bicyclic) bond motifs is 1. The molecule has 0 fully saturated rings. The third kappa shape index (κ3) is 3.43. The molecule has 0 N–H and O–H groups in total. The highest BCUT2D eigenvalue weighted by Crippen LogP contribution is 2.38. The first-order valence-electron chi connectivity index (χ1n) is 7.57. The van der Waals surface area contributed by atoms with Crippen LogP contribution in [0.5, 0.6) is 0 Å². The zero-order chi connectivity index (χ0) is 18.2. The molecule has 8 heteroatoms. The van der Waals surface area contributed by atoms with Crippen LogP contribution in [-0.4, -0.2) is 23.3 Å². The van der Waals surface area contributed by atoms with Gasteiger partial charge in [0.05, 0.1) is 0 Å². The van der Waals surface area contributed by atoms with Gasteiger partial charge in [0.2, 0.25) is 0 Å². The van der Waals surface area contributed by atoms with Crippen molar-refractivity contribution in [3.05, 3.63) is 50.9 Å². The molecule has 1 aromatic carbocycles. The Hall–Kier alpha value is -1.86. The number of rotatable bonds is 5. The van der Waals surface area contributed by atoms with Gasteiger partial charge in [0.1, 0.15) is 5.69 Å². The average Bonchev–Trinajstić information content (AvgIpc) is 3.15. The molecule has 0 spiro atoms. The van der Waals surface area contributed by atoms with Crippen molar-refractivity contribution < 1.29 is 23.1 Å². The first-order valence-corrected chi connectivity index (χ1v) is 8.83. The van der Waals surface area contributed by atoms with E-state index in [1.54, 1.807) is 0 Å². The van der Waals surface area contributed by atoms with Gasteiger partial charge in [-0.15, -0.1) is 11.3 Å². The number of aromatic nitrogens is 1. The maximum absolute atomic E-state index is 14.0. The van der Waals surface area contributed by atoms with Crippen molar-refractivity contribution in [1.82, 2.24) is 4.98 Å². The molecule has 0 radical (unpaired) electrons. The number of Topliss-reactive ketones (excluding diaryl/α,β-unsaturated/α-hetero) is 1. The van der Waals surface area contributed by atoms with Crippen LogP contribution >= 0.6 is 22.9 Å². The van der Waals surface area contributed by atoms with E-state index in [4.69, 9.17) is 11.6 Å². The summed E-state index contributed by atoms with van der Waals surface area (Å²) < 4.78 is 32.5. The van der Waals surface area contributed by atoms with Crippen molar-refractivity contribution in [2.45, 2.75) is 25.2 Å². The standard InChI is InChI=1S/C17H14ClF2NO3S/c1-9-6-10-4-2-3-5-11(10)14(9)12(22)7-24-15(23)17(19,20)13-8-25-16(18)21-13/h2-5,8-9,14H,6-7H2,1H3. The van der Waals surface area contributed by atoms with Crippen LogP contribution in [0.4, 0.5) is 8.78 Å². The van der Waals surface area contributed by atoms with Crippen molar-refractivity contribution in [3.8, 4) is 0 Å². The number of esters is 1. The number of hydrogen-bond donors (Lipinski definition) is 0. The molecule has 2 atom stereocenters. The second-order valence-corrected chi connectivity index (χ2v) is 7.40. The average molecular weight is 386 g/mol. The van der Waals surface area contributed by atoms with Crippen LogP contribution in [0.1, 0.15) is 29.7 Å². The van der Waals surface area contributed by atoms with Crippen molar-refractivity contribution in [3.63, 3.8) is 0 Å². The number of nitrogens with zero attached hydrogens (tertiary/aromatic N) is 1. The summed E-state index contributed by atoms with van der Waals surface area (Å²) in [4.78, 5) is 27.5. The lowest BCUT2D eigenvalue weighted by Gasteiger charge is -2.17. The monoisotopic (exact) mass is 385 g/mol. The summed E-state index contributed by atoms with van der Waals surface area (Å²) in [7, 11) is 0. The van der Waals surface area contributed by atoms with Crippen LogP contribution in [0.25, 0.3) is 0 Å². The highest BCUT2D eigenvalue weighted by molar-refractivity contribution is 7.14. The summed E-state index contributed by atoms with van der Waals surface area (Å²) in [5.41, 5.74) is 1.15. The third-order valence-corrected chi connectivity index (χ3v) is 5.23. The normalized spacial score (nSPS) is 19.5. The fourth-order valence-electron chi connectivity index (χ4n) is 3.10. The van der Waals surface area contributed by atoms with Gasteiger partial charge in [-0.2, -0.15) is 8.78 Å².